The Morgan fingerprint density at radius 2 is 1.95 bits per heavy atom. The van der Waals surface area contributed by atoms with Crippen LogP contribution in [0.4, 0.5) is 0 Å². The van der Waals surface area contributed by atoms with Gasteiger partial charge in [0.05, 0.1) is 6.21 Å². The fraction of sp³-hybridized carbons (Fsp3) is 0.125. The van der Waals surface area contributed by atoms with Gasteiger partial charge < -0.3 is 10.1 Å². The molecule has 0 saturated carbocycles. The molecule has 114 valence electrons. The van der Waals surface area contributed by atoms with Crippen molar-refractivity contribution in [2.24, 2.45) is 5.10 Å². The van der Waals surface area contributed by atoms with Gasteiger partial charge in [0, 0.05) is 23.2 Å². The van der Waals surface area contributed by atoms with Crippen LogP contribution in [-0.2, 0) is 6.61 Å². The first-order chi connectivity index (χ1) is 10.7. The highest BCUT2D eigenvalue weighted by atomic mass is 35.5. The van der Waals surface area contributed by atoms with Crippen LogP contribution in [0.1, 0.15) is 11.1 Å². The van der Waals surface area contributed by atoms with Crippen molar-refractivity contribution >= 4 is 35.1 Å². The molecule has 0 aliphatic heterocycles. The van der Waals surface area contributed by atoms with E-state index in [2.05, 4.69) is 15.8 Å². The van der Waals surface area contributed by atoms with Crippen LogP contribution in [0.5, 0.6) is 5.75 Å². The van der Waals surface area contributed by atoms with Crippen LogP contribution in [0.3, 0.4) is 0 Å². The minimum Gasteiger partial charge on any atom is -0.488 e. The van der Waals surface area contributed by atoms with E-state index >= 15 is 0 Å². The lowest BCUT2D eigenvalue weighted by Gasteiger charge is -2.10. The molecule has 22 heavy (non-hydrogen) atoms. The first-order valence-electron chi connectivity index (χ1n) is 6.66. The predicted octanol–water partition coefficient (Wildman–Crippen LogP) is 3.35. The highest BCUT2D eigenvalue weighted by Gasteiger charge is 2.03. The summed E-state index contributed by atoms with van der Waals surface area (Å²) in [5.74, 6) is 0.725. The number of halogens is 1. The van der Waals surface area contributed by atoms with E-state index in [1.807, 2.05) is 48.5 Å². The smallest absolute Gasteiger partial charge is 0.186 e. The van der Waals surface area contributed by atoms with E-state index in [0.29, 0.717) is 16.7 Å². The van der Waals surface area contributed by atoms with Gasteiger partial charge in [0.15, 0.2) is 5.11 Å². The van der Waals surface area contributed by atoms with Gasteiger partial charge >= 0.3 is 0 Å². The summed E-state index contributed by atoms with van der Waals surface area (Å²) in [6, 6.07) is 15.2. The number of nitrogens with zero attached hydrogens (tertiary/aromatic N) is 1. The number of benzene rings is 2. The molecule has 2 aromatic rings. The molecule has 4 nitrogen and oxygen atoms in total. The molecule has 2 N–H and O–H groups in total. The topological polar surface area (TPSA) is 45.7 Å². The third kappa shape index (κ3) is 4.72. The molecule has 2 rings (SSSR count). The van der Waals surface area contributed by atoms with Gasteiger partial charge in [0.1, 0.15) is 12.4 Å². The van der Waals surface area contributed by atoms with Crippen LogP contribution in [0.15, 0.2) is 53.6 Å². The number of thiocarbonyl (C=S) groups is 1. The Kier molecular flexibility index (Phi) is 6.18. The fourth-order valence-corrected chi connectivity index (χ4v) is 1.95. The molecule has 0 amide bonds. The van der Waals surface area contributed by atoms with Crippen LogP contribution in [0, 0.1) is 0 Å². The van der Waals surface area contributed by atoms with Gasteiger partial charge in [0.25, 0.3) is 0 Å². The Bertz CT molecular complexity index is 676. The monoisotopic (exact) mass is 333 g/mol. The van der Waals surface area contributed by atoms with Crippen molar-refractivity contribution in [2.45, 2.75) is 6.61 Å². The van der Waals surface area contributed by atoms with Crippen LogP contribution in [0.25, 0.3) is 0 Å². The van der Waals surface area contributed by atoms with Crippen molar-refractivity contribution in [1.29, 1.82) is 0 Å². The molecule has 0 bridgehead atoms. The summed E-state index contributed by atoms with van der Waals surface area (Å²) in [7, 11) is 1.73. The predicted molar refractivity (Wildman–Crippen MR) is 94.6 cm³/mol. The standard InChI is InChI=1S/C16H16ClN3OS/c1-18-16(22)20-19-10-12-6-3-5-9-15(12)21-11-13-7-2-4-8-14(13)17/h2-10H,11H2,1H3,(H2,18,20,22)/b19-10+. The summed E-state index contributed by atoms with van der Waals surface area (Å²) in [6.45, 7) is 0.396. The lowest BCUT2D eigenvalue weighted by molar-refractivity contribution is 0.306. The number of para-hydroxylation sites is 1. The second-order valence-corrected chi connectivity index (χ2v) is 5.18. The minimum absolute atomic E-state index is 0.396. The van der Waals surface area contributed by atoms with Crippen molar-refractivity contribution in [3.63, 3.8) is 0 Å². The first kappa shape index (κ1) is 16.3. The van der Waals surface area contributed by atoms with Gasteiger partial charge in [-0.15, -0.1) is 0 Å². The van der Waals surface area contributed by atoms with E-state index < -0.39 is 0 Å². The third-order valence-electron chi connectivity index (χ3n) is 2.86. The summed E-state index contributed by atoms with van der Waals surface area (Å²) < 4.78 is 5.84. The molecule has 0 heterocycles. The van der Waals surface area contributed by atoms with Crippen molar-refractivity contribution in [1.82, 2.24) is 10.7 Å². The van der Waals surface area contributed by atoms with Gasteiger partial charge in [0.2, 0.25) is 0 Å². The van der Waals surface area contributed by atoms with E-state index in [-0.39, 0.29) is 0 Å². The minimum atomic E-state index is 0.396. The van der Waals surface area contributed by atoms with Crippen molar-refractivity contribution < 1.29 is 4.74 Å². The summed E-state index contributed by atoms with van der Waals surface area (Å²) >= 11 is 11.1. The second-order valence-electron chi connectivity index (χ2n) is 4.37. The van der Waals surface area contributed by atoms with Gasteiger partial charge in [-0.3, -0.25) is 5.43 Å². The molecule has 6 heteroatoms. The second kappa shape index (κ2) is 8.36. The molecular weight excluding hydrogens is 318 g/mol. The van der Waals surface area contributed by atoms with Crippen LogP contribution >= 0.6 is 23.8 Å². The highest BCUT2D eigenvalue weighted by molar-refractivity contribution is 7.80. The van der Waals surface area contributed by atoms with E-state index in [1.165, 1.54) is 0 Å². The molecule has 2 aromatic carbocycles. The summed E-state index contributed by atoms with van der Waals surface area (Å²) in [5.41, 5.74) is 4.49. The van der Waals surface area contributed by atoms with Crippen LogP contribution < -0.4 is 15.5 Å². The van der Waals surface area contributed by atoms with Crippen molar-refractivity contribution in [3.05, 3.63) is 64.7 Å². The Morgan fingerprint density at radius 1 is 1.23 bits per heavy atom. The summed E-state index contributed by atoms with van der Waals surface area (Å²) in [6.07, 6.45) is 1.66. The largest absolute Gasteiger partial charge is 0.488 e. The van der Waals surface area contributed by atoms with Gasteiger partial charge in [-0.25, -0.2) is 0 Å². The zero-order valence-electron chi connectivity index (χ0n) is 12.0. The number of hydrazone groups is 1. The summed E-state index contributed by atoms with van der Waals surface area (Å²) in [4.78, 5) is 0. The Labute approximate surface area is 140 Å². The number of nitrogens with one attached hydrogen (secondary N) is 2. The maximum Gasteiger partial charge on any atom is 0.186 e. The van der Waals surface area contributed by atoms with Crippen molar-refractivity contribution in [2.75, 3.05) is 7.05 Å². The van der Waals surface area contributed by atoms with E-state index in [9.17, 15) is 0 Å². The molecule has 0 aliphatic carbocycles. The molecular formula is C16H16ClN3OS. The highest BCUT2D eigenvalue weighted by Crippen LogP contribution is 2.20. The zero-order valence-corrected chi connectivity index (χ0v) is 13.6. The van der Waals surface area contributed by atoms with E-state index in [1.54, 1.807) is 13.3 Å². The van der Waals surface area contributed by atoms with Crippen LogP contribution in [0.2, 0.25) is 5.02 Å². The lowest BCUT2D eigenvalue weighted by atomic mass is 10.2. The number of hydrogen-bond donors (Lipinski definition) is 2. The van der Waals surface area contributed by atoms with Gasteiger partial charge in [-0.1, -0.05) is 41.9 Å². The van der Waals surface area contributed by atoms with Crippen molar-refractivity contribution in [3.8, 4) is 5.75 Å². The maximum atomic E-state index is 6.13. The van der Waals surface area contributed by atoms with E-state index in [4.69, 9.17) is 28.6 Å². The Hall–Kier alpha value is -2.11. The summed E-state index contributed by atoms with van der Waals surface area (Å²) in [5, 5.41) is 7.98. The van der Waals surface area contributed by atoms with E-state index in [0.717, 1.165) is 16.9 Å². The quantitative estimate of drug-likeness (QED) is 0.500. The SMILES string of the molecule is CNC(=S)N/N=C/c1ccccc1OCc1ccccc1Cl. The third-order valence-corrected chi connectivity index (χ3v) is 3.52. The molecule has 0 aromatic heterocycles. The normalized spacial score (nSPS) is 10.5. The lowest BCUT2D eigenvalue weighted by Crippen LogP contribution is -2.28. The van der Waals surface area contributed by atoms with Gasteiger partial charge in [-0.05, 0) is 30.4 Å². The maximum absolute atomic E-state index is 6.13. The average Bonchev–Trinajstić information content (AvgIpc) is 2.55. The molecule has 0 atom stereocenters. The molecule has 0 aliphatic rings. The Balaban J connectivity index is 2.05. The number of rotatable bonds is 5. The van der Waals surface area contributed by atoms with Gasteiger partial charge in [-0.2, -0.15) is 5.10 Å². The number of hydrogen-bond acceptors (Lipinski definition) is 3. The molecule has 0 saturated heterocycles. The zero-order chi connectivity index (χ0) is 15.8. The average molecular weight is 334 g/mol. The Morgan fingerprint density at radius 3 is 2.73 bits per heavy atom. The molecule has 0 spiro atoms. The molecule has 0 fully saturated rings. The first-order valence-corrected chi connectivity index (χ1v) is 7.45. The van der Waals surface area contributed by atoms with Crippen LogP contribution in [-0.4, -0.2) is 18.4 Å². The molecule has 0 radical (unpaired) electrons. The number of ether oxygens (including phenoxy) is 1. The fourth-order valence-electron chi connectivity index (χ4n) is 1.71. The molecule has 0 unspecified atom stereocenters.